The summed E-state index contributed by atoms with van der Waals surface area (Å²) in [7, 11) is 0. The van der Waals surface area contributed by atoms with Crippen LogP contribution in [-0.4, -0.2) is 30.3 Å². The van der Waals surface area contributed by atoms with Gasteiger partial charge >= 0.3 is 6.09 Å². The van der Waals surface area contributed by atoms with Crippen LogP contribution in [0, 0.1) is 5.92 Å². The first-order chi connectivity index (χ1) is 10.3. The molecule has 0 radical (unpaired) electrons. The summed E-state index contributed by atoms with van der Waals surface area (Å²) < 4.78 is 5.42. The van der Waals surface area contributed by atoms with Crippen molar-refractivity contribution in [3.8, 4) is 0 Å². The van der Waals surface area contributed by atoms with Gasteiger partial charge in [-0.05, 0) is 52.5 Å². The predicted molar refractivity (Wildman–Crippen MR) is 92.1 cm³/mol. The molecule has 0 saturated heterocycles. The number of carbonyl (C=O) groups is 1. The van der Waals surface area contributed by atoms with Gasteiger partial charge in [-0.1, -0.05) is 39.5 Å². The van der Waals surface area contributed by atoms with Gasteiger partial charge in [-0.3, -0.25) is 0 Å². The van der Waals surface area contributed by atoms with E-state index >= 15 is 0 Å². The van der Waals surface area contributed by atoms with E-state index < -0.39 is 5.60 Å². The Morgan fingerprint density at radius 2 is 1.82 bits per heavy atom. The van der Waals surface area contributed by atoms with Crippen molar-refractivity contribution in [3.63, 3.8) is 0 Å². The van der Waals surface area contributed by atoms with E-state index in [-0.39, 0.29) is 12.1 Å². The number of amides is 1. The fourth-order valence-electron chi connectivity index (χ4n) is 3.13. The summed E-state index contributed by atoms with van der Waals surface area (Å²) in [5, 5.41) is 6.79. The van der Waals surface area contributed by atoms with Crippen LogP contribution < -0.4 is 10.6 Å². The lowest BCUT2D eigenvalue weighted by Crippen LogP contribution is -2.51. The first-order valence-electron chi connectivity index (χ1n) is 9.04. The van der Waals surface area contributed by atoms with Crippen molar-refractivity contribution in [2.75, 3.05) is 6.54 Å². The number of carbonyl (C=O) groups excluding carboxylic acids is 1. The van der Waals surface area contributed by atoms with Gasteiger partial charge in [0.05, 0.1) is 0 Å². The van der Waals surface area contributed by atoms with Gasteiger partial charge in [0.25, 0.3) is 0 Å². The molecule has 3 atom stereocenters. The molecule has 130 valence electrons. The fraction of sp³-hybridized carbons (Fsp3) is 0.944. The monoisotopic (exact) mass is 312 g/mol. The molecule has 1 aliphatic rings. The Bertz CT molecular complexity index is 326. The molecule has 1 fully saturated rings. The van der Waals surface area contributed by atoms with Crippen LogP contribution in [0.15, 0.2) is 0 Å². The largest absolute Gasteiger partial charge is 0.444 e. The summed E-state index contributed by atoms with van der Waals surface area (Å²) in [5.41, 5.74) is -0.437. The van der Waals surface area contributed by atoms with Gasteiger partial charge in [-0.2, -0.15) is 0 Å². The standard InChI is InChI=1S/C18H36N2O2/c1-6-10-14(2)13-19-15-11-8-7-9-12-16(15)20-17(21)22-18(3,4)5/h14-16,19H,6-13H2,1-5H3,(H,20,21). The third kappa shape index (κ3) is 8.02. The molecule has 1 aliphatic carbocycles. The van der Waals surface area contributed by atoms with E-state index in [9.17, 15) is 4.79 Å². The lowest BCUT2D eigenvalue weighted by Gasteiger charge is -2.29. The van der Waals surface area contributed by atoms with Crippen molar-refractivity contribution in [2.45, 2.75) is 97.2 Å². The summed E-state index contributed by atoms with van der Waals surface area (Å²) in [6, 6.07) is 0.556. The minimum atomic E-state index is -0.437. The van der Waals surface area contributed by atoms with Crippen molar-refractivity contribution >= 4 is 6.09 Å². The van der Waals surface area contributed by atoms with Gasteiger partial charge in [0, 0.05) is 12.1 Å². The van der Waals surface area contributed by atoms with Crippen LogP contribution in [0.25, 0.3) is 0 Å². The van der Waals surface area contributed by atoms with E-state index in [2.05, 4.69) is 24.5 Å². The van der Waals surface area contributed by atoms with Crippen molar-refractivity contribution < 1.29 is 9.53 Å². The molecule has 0 aromatic rings. The van der Waals surface area contributed by atoms with Crippen LogP contribution in [-0.2, 0) is 4.74 Å². The zero-order valence-corrected chi connectivity index (χ0v) is 15.2. The van der Waals surface area contributed by atoms with E-state index in [0.717, 1.165) is 19.4 Å². The van der Waals surface area contributed by atoms with Crippen LogP contribution >= 0.6 is 0 Å². The second-order valence-electron chi connectivity index (χ2n) is 7.80. The highest BCUT2D eigenvalue weighted by atomic mass is 16.6. The normalized spacial score (nSPS) is 24.4. The maximum atomic E-state index is 12.1. The molecule has 3 unspecified atom stereocenters. The SMILES string of the molecule is CCCC(C)CNC1CCCCCC1NC(=O)OC(C)(C)C. The first-order valence-corrected chi connectivity index (χ1v) is 9.04. The first kappa shape index (κ1) is 19.3. The summed E-state index contributed by atoms with van der Waals surface area (Å²) >= 11 is 0. The lowest BCUT2D eigenvalue weighted by molar-refractivity contribution is 0.0489. The van der Waals surface area contributed by atoms with E-state index in [1.54, 1.807) is 0 Å². The molecule has 0 aliphatic heterocycles. The van der Waals surface area contributed by atoms with Gasteiger partial charge in [0.15, 0.2) is 0 Å². The molecule has 22 heavy (non-hydrogen) atoms. The quantitative estimate of drug-likeness (QED) is 0.721. The summed E-state index contributed by atoms with van der Waals surface area (Å²) in [6.07, 6.45) is 8.06. The van der Waals surface area contributed by atoms with Crippen LogP contribution in [0.4, 0.5) is 4.79 Å². The van der Waals surface area contributed by atoms with Crippen LogP contribution in [0.3, 0.4) is 0 Å². The van der Waals surface area contributed by atoms with Crippen molar-refractivity contribution in [3.05, 3.63) is 0 Å². The molecule has 1 amide bonds. The highest BCUT2D eigenvalue weighted by Crippen LogP contribution is 2.19. The Morgan fingerprint density at radius 3 is 2.41 bits per heavy atom. The number of hydrogen-bond acceptors (Lipinski definition) is 3. The highest BCUT2D eigenvalue weighted by molar-refractivity contribution is 5.68. The summed E-state index contributed by atoms with van der Waals surface area (Å²) in [4.78, 5) is 12.1. The van der Waals surface area contributed by atoms with Gasteiger partial charge in [0.2, 0.25) is 0 Å². The molecule has 4 nitrogen and oxygen atoms in total. The zero-order valence-electron chi connectivity index (χ0n) is 15.2. The fourth-order valence-corrected chi connectivity index (χ4v) is 3.13. The zero-order chi connectivity index (χ0) is 16.6. The topological polar surface area (TPSA) is 50.4 Å². The van der Waals surface area contributed by atoms with E-state index in [1.807, 2.05) is 20.8 Å². The molecule has 1 saturated carbocycles. The summed E-state index contributed by atoms with van der Waals surface area (Å²) in [6.45, 7) is 11.3. The van der Waals surface area contributed by atoms with Crippen LogP contribution in [0.2, 0.25) is 0 Å². The molecule has 4 heteroatoms. The van der Waals surface area contributed by atoms with Crippen LogP contribution in [0.1, 0.15) is 79.6 Å². The van der Waals surface area contributed by atoms with Gasteiger partial charge in [-0.25, -0.2) is 4.79 Å². The Morgan fingerprint density at radius 1 is 1.18 bits per heavy atom. The molecular formula is C18H36N2O2. The minimum absolute atomic E-state index is 0.186. The number of nitrogens with one attached hydrogen (secondary N) is 2. The second-order valence-corrected chi connectivity index (χ2v) is 7.80. The third-order valence-corrected chi connectivity index (χ3v) is 4.23. The van der Waals surface area contributed by atoms with Crippen molar-refractivity contribution in [1.82, 2.24) is 10.6 Å². The van der Waals surface area contributed by atoms with E-state index in [1.165, 1.54) is 32.1 Å². The Balaban J connectivity index is 2.52. The third-order valence-electron chi connectivity index (χ3n) is 4.23. The molecule has 2 N–H and O–H groups in total. The Hall–Kier alpha value is -0.770. The second kappa shape index (κ2) is 9.39. The summed E-state index contributed by atoms with van der Waals surface area (Å²) in [5.74, 6) is 0.690. The predicted octanol–water partition coefficient (Wildman–Crippen LogP) is 4.24. The van der Waals surface area contributed by atoms with E-state index in [4.69, 9.17) is 4.74 Å². The Labute approximate surface area is 136 Å². The van der Waals surface area contributed by atoms with Crippen molar-refractivity contribution in [2.24, 2.45) is 5.92 Å². The van der Waals surface area contributed by atoms with Gasteiger partial charge in [0.1, 0.15) is 5.60 Å². The average molecular weight is 312 g/mol. The number of alkyl carbamates (subject to hydrolysis) is 1. The molecule has 0 bridgehead atoms. The Kier molecular flexibility index (Phi) is 8.23. The number of ether oxygens (including phenoxy) is 1. The molecule has 0 aromatic heterocycles. The van der Waals surface area contributed by atoms with E-state index in [0.29, 0.717) is 12.0 Å². The van der Waals surface area contributed by atoms with Gasteiger partial charge < -0.3 is 15.4 Å². The number of rotatable bonds is 6. The number of hydrogen-bond donors (Lipinski definition) is 2. The van der Waals surface area contributed by atoms with Crippen molar-refractivity contribution in [1.29, 1.82) is 0 Å². The maximum Gasteiger partial charge on any atom is 0.407 e. The molecule has 0 aromatic carbocycles. The maximum absolute atomic E-state index is 12.1. The molecule has 0 spiro atoms. The molecule has 1 rings (SSSR count). The lowest BCUT2D eigenvalue weighted by atomic mass is 10.0. The molecule has 0 heterocycles. The molecular weight excluding hydrogens is 276 g/mol. The average Bonchev–Trinajstić information content (AvgIpc) is 2.60. The minimum Gasteiger partial charge on any atom is -0.444 e. The van der Waals surface area contributed by atoms with Crippen LogP contribution in [0.5, 0.6) is 0 Å². The highest BCUT2D eigenvalue weighted by Gasteiger charge is 2.27. The smallest absolute Gasteiger partial charge is 0.407 e. The van der Waals surface area contributed by atoms with Gasteiger partial charge in [-0.15, -0.1) is 0 Å².